The molecule has 0 saturated heterocycles. The Morgan fingerprint density at radius 2 is 1.24 bits per heavy atom. The summed E-state index contributed by atoms with van der Waals surface area (Å²) in [5, 5.41) is 0. The van der Waals surface area contributed by atoms with Crippen LogP contribution in [0.5, 0.6) is 5.75 Å². The topological polar surface area (TPSA) is 27.7 Å². The molecule has 2 aliphatic rings. The summed E-state index contributed by atoms with van der Waals surface area (Å²) in [6.45, 7) is 4.64. The highest BCUT2D eigenvalue weighted by Gasteiger charge is 2.20. The molecule has 0 aliphatic carbocycles. The van der Waals surface area contributed by atoms with Crippen LogP contribution in [-0.4, -0.2) is 6.61 Å². The predicted octanol–water partition coefficient (Wildman–Crippen LogP) is 7.77. The van der Waals surface area contributed by atoms with Crippen molar-refractivity contribution >= 4 is 17.1 Å². The Bertz CT molecular complexity index is 1260. The minimum atomic E-state index is 0.654. The highest BCUT2D eigenvalue weighted by atomic mass is 16.5. The Labute approximate surface area is 200 Å². The van der Waals surface area contributed by atoms with Gasteiger partial charge in [-0.1, -0.05) is 72.8 Å². The van der Waals surface area contributed by atoms with E-state index < -0.39 is 0 Å². The molecule has 0 radical (unpaired) electrons. The van der Waals surface area contributed by atoms with Crippen molar-refractivity contribution in [3.8, 4) is 5.75 Å². The van der Waals surface area contributed by atoms with Gasteiger partial charge in [-0.05, 0) is 55.8 Å². The van der Waals surface area contributed by atoms with Crippen LogP contribution in [0.1, 0.15) is 30.5 Å². The van der Waals surface area contributed by atoms with E-state index in [0.717, 1.165) is 56.6 Å². The SMILES string of the molecule is CCOc1ccc(C2=C(C)OC(=C3C=C(c4ccccc4)OC(c4ccccc4)=C3)C=C2)cc1. The summed E-state index contributed by atoms with van der Waals surface area (Å²) < 4.78 is 18.2. The first-order chi connectivity index (χ1) is 16.7. The molecular formula is C31H26O3. The average Bonchev–Trinajstić information content (AvgIpc) is 2.90. The van der Waals surface area contributed by atoms with Crippen molar-refractivity contribution in [2.45, 2.75) is 13.8 Å². The molecule has 3 aromatic carbocycles. The maximum absolute atomic E-state index is 6.34. The molecule has 0 atom stereocenters. The van der Waals surface area contributed by atoms with Gasteiger partial charge < -0.3 is 14.2 Å². The Kier molecular flexibility index (Phi) is 6.17. The van der Waals surface area contributed by atoms with E-state index in [-0.39, 0.29) is 0 Å². The van der Waals surface area contributed by atoms with Crippen LogP contribution in [-0.2, 0) is 9.47 Å². The van der Waals surface area contributed by atoms with Crippen molar-refractivity contribution in [3.63, 3.8) is 0 Å². The lowest BCUT2D eigenvalue weighted by atomic mass is 10.00. The number of benzene rings is 3. The molecule has 2 aliphatic heterocycles. The molecule has 2 heterocycles. The molecule has 0 N–H and O–H groups in total. The second-order valence-electron chi connectivity index (χ2n) is 8.03. The Hall–Kier alpha value is -4.24. The number of rotatable bonds is 5. The summed E-state index contributed by atoms with van der Waals surface area (Å²) in [6, 6.07) is 28.4. The van der Waals surface area contributed by atoms with Crippen LogP contribution in [0.25, 0.3) is 17.1 Å². The summed E-state index contributed by atoms with van der Waals surface area (Å²) in [5.41, 5.74) is 5.15. The summed E-state index contributed by atoms with van der Waals surface area (Å²) in [6.07, 6.45) is 8.21. The van der Waals surface area contributed by atoms with Gasteiger partial charge in [0, 0.05) is 22.3 Å². The largest absolute Gasteiger partial charge is 0.494 e. The number of ether oxygens (including phenoxy) is 3. The van der Waals surface area contributed by atoms with Crippen LogP contribution in [0.3, 0.4) is 0 Å². The molecule has 34 heavy (non-hydrogen) atoms. The monoisotopic (exact) mass is 446 g/mol. The highest BCUT2D eigenvalue weighted by Crippen LogP contribution is 2.36. The molecule has 0 bridgehead atoms. The van der Waals surface area contributed by atoms with Gasteiger partial charge in [0.1, 0.15) is 28.8 Å². The van der Waals surface area contributed by atoms with Crippen LogP contribution in [0.2, 0.25) is 0 Å². The number of allylic oxidation sites excluding steroid dienone is 7. The zero-order chi connectivity index (χ0) is 23.3. The molecule has 0 unspecified atom stereocenters. The minimum Gasteiger partial charge on any atom is -0.494 e. The lowest BCUT2D eigenvalue weighted by molar-refractivity contribution is 0.318. The van der Waals surface area contributed by atoms with E-state index in [2.05, 4.69) is 42.5 Å². The van der Waals surface area contributed by atoms with Gasteiger partial charge >= 0.3 is 0 Å². The molecule has 5 rings (SSSR count). The van der Waals surface area contributed by atoms with E-state index in [1.807, 2.05) is 80.6 Å². The van der Waals surface area contributed by atoms with Crippen molar-refractivity contribution in [1.82, 2.24) is 0 Å². The van der Waals surface area contributed by atoms with Crippen LogP contribution in [0.4, 0.5) is 0 Å². The van der Waals surface area contributed by atoms with E-state index in [0.29, 0.717) is 6.61 Å². The number of hydrogen-bond donors (Lipinski definition) is 0. The second kappa shape index (κ2) is 9.72. The van der Waals surface area contributed by atoms with Gasteiger partial charge in [-0.2, -0.15) is 0 Å². The zero-order valence-corrected chi connectivity index (χ0v) is 19.3. The molecule has 0 spiro atoms. The van der Waals surface area contributed by atoms with Gasteiger partial charge in [-0.3, -0.25) is 0 Å². The second-order valence-corrected chi connectivity index (χ2v) is 8.03. The third kappa shape index (κ3) is 4.60. The van der Waals surface area contributed by atoms with Gasteiger partial charge in [-0.25, -0.2) is 0 Å². The van der Waals surface area contributed by atoms with Crippen molar-refractivity contribution in [2.75, 3.05) is 6.61 Å². The van der Waals surface area contributed by atoms with Gasteiger partial charge in [0.25, 0.3) is 0 Å². The fourth-order valence-electron chi connectivity index (χ4n) is 4.02. The van der Waals surface area contributed by atoms with Gasteiger partial charge in [0.05, 0.1) is 6.61 Å². The molecular weight excluding hydrogens is 420 g/mol. The fraction of sp³-hybridized carbons (Fsp3) is 0.0968. The quantitative estimate of drug-likeness (QED) is 0.401. The standard InChI is InChI=1S/C31H26O3/c1-3-32-27-16-14-23(15-17-27)28-18-19-29(33-22(28)2)26-20-30(24-10-6-4-7-11-24)34-31(21-26)25-12-8-5-9-13-25/h4-21H,3H2,1-2H3. The molecule has 0 amide bonds. The smallest absolute Gasteiger partial charge is 0.135 e. The average molecular weight is 447 g/mol. The van der Waals surface area contributed by atoms with Crippen LogP contribution in [0.15, 0.2) is 126 Å². The summed E-state index contributed by atoms with van der Waals surface area (Å²) >= 11 is 0. The first-order valence-electron chi connectivity index (χ1n) is 11.5. The molecule has 0 saturated carbocycles. The molecule has 0 aromatic heterocycles. The predicted molar refractivity (Wildman–Crippen MR) is 137 cm³/mol. The lowest BCUT2D eigenvalue weighted by Crippen LogP contribution is -2.04. The first kappa shape index (κ1) is 21.6. The molecule has 3 nitrogen and oxygen atoms in total. The van der Waals surface area contributed by atoms with E-state index in [9.17, 15) is 0 Å². The van der Waals surface area contributed by atoms with Gasteiger partial charge in [0.2, 0.25) is 0 Å². The van der Waals surface area contributed by atoms with E-state index >= 15 is 0 Å². The highest BCUT2D eigenvalue weighted by molar-refractivity contribution is 5.80. The van der Waals surface area contributed by atoms with Crippen LogP contribution >= 0.6 is 0 Å². The Balaban J connectivity index is 1.51. The first-order valence-corrected chi connectivity index (χ1v) is 11.5. The third-order valence-electron chi connectivity index (χ3n) is 5.71. The normalized spacial score (nSPS) is 15.4. The van der Waals surface area contributed by atoms with E-state index in [4.69, 9.17) is 14.2 Å². The summed E-state index contributed by atoms with van der Waals surface area (Å²) in [7, 11) is 0. The minimum absolute atomic E-state index is 0.654. The molecule has 3 aromatic rings. The van der Waals surface area contributed by atoms with Crippen LogP contribution < -0.4 is 4.74 Å². The van der Waals surface area contributed by atoms with E-state index in [1.165, 1.54) is 0 Å². The zero-order valence-electron chi connectivity index (χ0n) is 19.3. The fourth-order valence-corrected chi connectivity index (χ4v) is 4.02. The van der Waals surface area contributed by atoms with E-state index in [1.54, 1.807) is 0 Å². The molecule has 3 heteroatoms. The lowest BCUT2D eigenvalue weighted by Gasteiger charge is -2.22. The Morgan fingerprint density at radius 1 is 0.647 bits per heavy atom. The van der Waals surface area contributed by atoms with Gasteiger partial charge in [-0.15, -0.1) is 0 Å². The maximum atomic E-state index is 6.34. The maximum Gasteiger partial charge on any atom is 0.135 e. The number of hydrogen-bond acceptors (Lipinski definition) is 3. The Morgan fingerprint density at radius 3 is 1.76 bits per heavy atom. The summed E-state index contributed by atoms with van der Waals surface area (Å²) in [5.74, 6) is 4.09. The van der Waals surface area contributed by atoms with Crippen LogP contribution in [0, 0.1) is 0 Å². The molecule has 168 valence electrons. The van der Waals surface area contributed by atoms with Crippen molar-refractivity contribution in [1.29, 1.82) is 0 Å². The van der Waals surface area contributed by atoms with Gasteiger partial charge in [0.15, 0.2) is 0 Å². The summed E-state index contributed by atoms with van der Waals surface area (Å²) in [4.78, 5) is 0. The third-order valence-corrected chi connectivity index (χ3v) is 5.71. The molecule has 0 fully saturated rings. The van der Waals surface area contributed by atoms with Crippen molar-refractivity contribution in [2.24, 2.45) is 0 Å². The van der Waals surface area contributed by atoms with Crippen molar-refractivity contribution in [3.05, 3.63) is 143 Å². The van der Waals surface area contributed by atoms with Crippen molar-refractivity contribution < 1.29 is 14.2 Å².